The first-order valence-corrected chi connectivity index (χ1v) is 8.51. The summed E-state index contributed by atoms with van der Waals surface area (Å²) in [6.45, 7) is 1.56. The SMILES string of the molecule is Cn1cnnc1C1CCN(C(=O)[C@H]2C[C@H]2c2ccc(F)cc2)CC1. The van der Waals surface area contributed by atoms with Crippen molar-refractivity contribution in [3.63, 3.8) is 0 Å². The van der Waals surface area contributed by atoms with E-state index in [1.54, 1.807) is 18.5 Å². The van der Waals surface area contributed by atoms with Gasteiger partial charge >= 0.3 is 0 Å². The van der Waals surface area contributed by atoms with Crippen LogP contribution in [0.4, 0.5) is 4.39 Å². The Labute approximate surface area is 140 Å². The van der Waals surface area contributed by atoms with Crippen LogP contribution in [0.1, 0.15) is 42.5 Å². The third-order valence-corrected chi connectivity index (χ3v) is 5.32. The summed E-state index contributed by atoms with van der Waals surface area (Å²) in [7, 11) is 1.96. The summed E-state index contributed by atoms with van der Waals surface area (Å²) < 4.78 is 15.0. The maximum atomic E-state index is 13.0. The summed E-state index contributed by atoms with van der Waals surface area (Å²) in [6, 6.07) is 6.55. The number of likely N-dealkylation sites (tertiary alicyclic amines) is 1. The van der Waals surface area contributed by atoms with Gasteiger partial charge in [0.2, 0.25) is 5.91 Å². The van der Waals surface area contributed by atoms with E-state index in [0.29, 0.717) is 5.92 Å². The minimum atomic E-state index is -0.229. The van der Waals surface area contributed by atoms with Crippen molar-refractivity contribution in [3.8, 4) is 0 Å². The van der Waals surface area contributed by atoms with E-state index in [0.717, 1.165) is 43.7 Å². The molecule has 1 aliphatic heterocycles. The van der Waals surface area contributed by atoms with Gasteiger partial charge in [0.15, 0.2) is 0 Å². The predicted molar refractivity (Wildman–Crippen MR) is 86.8 cm³/mol. The molecule has 1 aromatic carbocycles. The van der Waals surface area contributed by atoms with Gasteiger partial charge in [0.05, 0.1) is 0 Å². The van der Waals surface area contributed by atoms with Crippen molar-refractivity contribution in [1.29, 1.82) is 0 Å². The Balaban J connectivity index is 1.34. The van der Waals surface area contributed by atoms with Gasteiger partial charge in [0.25, 0.3) is 0 Å². The van der Waals surface area contributed by atoms with Crippen LogP contribution in [0.15, 0.2) is 30.6 Å². The highest BCUT2D eigenvalue weighted by Crippen LogP contribution is 2.48. The molecule has 2 aromatic rings. The zero-order chi connectivity index (χ0) is 16.7. The number of halogens is 1. The Hall–Kier alpha value is -2.24. The highest BCUT2D eigenvalue weighted by atomic mass is 19.1. The maximum Gasteiger partial charge on any atom is 0.226 e. The molecule has 1 aromatic heterocycles. The van der Waals surface area contributed by atoms with Gasteiger partial charge in [0.1, 0.15) is 18.0 Å². The van der Waals surface area contributed by atoms with Crippen LogP contribution in [0.5, 0.6) is 0 Å². The summed E-state index contributed by atoms with van der Waals surface area (Å²) in [5.74, 6) is 1.75. The number of carbonyl (C=O) groups excluding carboxylic acids is 1. The minimum absolute atomic E-state index is 0.0711. The Morgan fingerprint density at radius 2 is 1.92 bits per heavy atom. The van der Waals surface area contributed by atoms with Gasteiger partial charge in [-0.15, -0.1) is 10.2 Å². The fourth-order valence-corrected chi connectivity index (χ4v) is 3.80. The fraction of sp³-hybridized carbons (Fsp3) is 0.500. The van der Waals surface area contributed by atoms with Crippen molar-refractivity contribution in [2.24, 2.45) is 13.0 Å². The topological polar surface area (TPSA) is 51.0 Å². The zero-order valence-electron chi connectivity index (χ0n) is 13.7. The molecule has 1 amide bonds. The number of amides is 1. The van der Waals surface area contributed by atoms with Gasteiger partial charge in [-0.3, -0.25) is 4.79 Å². The summed E-state index contributed by atoms with van der Waals surface area (Å²) >= 11 is 0. The number of rotatable bonds is 3. The van der Waals surface area contributed by atoms with Crippen molar-refractivity contribution in [3.05, 3.63) is 47.8 Å². The van der Waals surface area contributed by atoms with E-state index in [1.807, 2.05) is 16.5 Å². The van der Waals surface area contributed by atoms with Crippen LogP contribution < -0.4 is 0 Å². The van der Waals surface area contributed by atoms with E-state index in [-0.39, 0.29) is 23.6 Å². The van der Waals surface area contributed by atoms with E-state index in [4.69, 9.17) is 0 Å². The third kappa shape index (κ3) is 2.81. The van der Waals surface area contributed by atoms with Crippen molar-refractivity contribution >= 4 is 5.91 Å². The lowest BCUT2D eigenvalue weighted by Gasteiger charge is -2.31. The highest BCUT2D eigenvalue weighted by Gasteiger charge is 2.46. The van der Waals surface area contributed by atoms with Gasteiger partial charge in [-0.05, 0) is 42.9 Å². The summed E-state index contributed by atoms with van der Waals surface area (Å²) in [5, 5.41) is 8.14. The molecule has 0 bridgehead atoms. The van der Waals surface area contributed by atoms with Gasteiger partial charge in [-0.1, -0.05) is 12.1 Å². The molecular formula is C18H21FN4O. The monoisotopic (exact) mass is 328 g/mol. The summed E-state index contributed by atoms with van der Waals surface area (Å²) in [4.78, 5) is 14.7. The minimum Gasteiger partial charge on any atom is -0.342 e. The maximum absolute atomic E-state index is 13.0. The molecule has 126 valence electrons. The molecule has 2 fully saturated rings. The summed E-state index contributed by atoms with van der Waals surface area (Å²) in [5.41, 5.74) is 1.07. The molecule has 1 saturated carbocycles. The van der Waals surface area contributed by atoms with E-state index in [1.165, 1.54) is 12.1 Å². The average Bonchev–Trinajstić information content (AvgIpc) is 3.29. The summed E-state index contributed by atoms with van der Waals surface area (Å²) in [6.07, 6.45) is 4.48. The van der Waals surface area contributed by atoms with Crippen LogP contribution >= 0.6 is 0 Å². The Kier molecular flexibility index (Phi) is 3.82. The standard InChI is InChI=1S/C18H21FN4O/c1-22-11-20-21-17(22)13-6-8-23(9-7-13)18(24)16-10-15(16)12-2-4-14(19)5-3-12/h2-5,11,13,15-16H,6-10H2,1H3/t15-,16-/m0/s1. The van der Waals surface area contributed by atoms with Crippen LogP contribution in [0, 0.1) is 11.7 Å². The highest BCUT2D eigenvalue weighted by molar-refractivity contribution is 5.83. The molecule has 0 spiro atoms. The lowest BCUT2D eigenvalue weighted by atomic mass is 9.95. The van der Waals surface area contributed by atoms with Crippen molar-refractivity contribution in [2.75, 3.05) is 13.1 Å². The van der Waals surface area contributed by atoms with Crippen molar-refractivity contribution in [2.45, 2.75) is 31.1 Å². The first kappa shape index (κ1) is 15.3. The fourth-order valence-electron chi connectivity index (χ4n) is 3.80. The third-order valence-electron chi connectivity index (χ3n) is 5.32. The van der Waals surface area contributed by atoms with Crippen molar-refractivity contribution < 1.29 is 9.18 Å². The van der Waals surface area contributed by atoms with Gasteiger partial charge in [-0.2, -0.15) is 0 Å². The number of aryl methyl sites for hydroxylation is 1. The number of carbonyl (C=O) groups is 1. The first-order chi connectivity index (χ1) is 11.6. The molecule has 4 rings (SSSR count). The predicted octanol–water partition coefficient (Wildman–Crippen LogP) is 2.46. The van der Waals surface area contributed by atoms with E-state index in [2.05, 4.69) is 10.2 Å². The number of piperidine rings is 1. The number of aromatic nitrogens is 3. The second-order valence-electron chi connectivity index (χ2n) is 6.90. The van der Waals surface area contributed by atoms with Crippen LogP contribution in [0.25, 0.3) is 0 Å². The van der Waals surface area contributed by atoms with E-state index in [9.17, 15) is 9.18 Å². The Morgan fingerprint density at radius 1 is 1.21 bits per heavy atom. The molecule has 1 saturated heterocycles. The molecule has 1 aliphatic carbocycles. The lowest BCUT2D eigenvalue weighted by molar-refractivity contribution is -0.133. The quantitative estimate of drug-likeness (QED) is 0.870. The Morgan fingerprint density at radius 3 is 2.54 bits per heavy atom. The second-order valence-corrected chi connectivity index (χ2v) is 6.90. The zero-order valence-corrected chi connectivity index (χ0v) is 13.7. The van der Waals surface area contributed by atoms with Crippen LogP contribution in [0.3, 0.4) is 0 Å². The van der Waals surface area contributed by atoms with E-state index >= 15 is 0 Å². The van der Waals surface area contributed by atoms with Gasteiger partial charge < -0.3 is 9.47 Å². The molecule has 2 heterocycles. The first-order valence-electron chi connectivity index (χ1n) is 8.51. The number of benzene rings is 1. The molecule has 0 unspecified atom stereocenters. The Bertz CT molecular complexity index is 734. The molecule has 2 aliphatic rings. The number of hydrogen-bond donors (Lipinski definition) is 0. The molecule has 24 heavy (non-hydrogen) atoms. The number of hydrogen-bond acceptors (Lipinski definition) is 3. The smallest absolute Gasteiger partial charge is 0.226 e. The number of nitrogens with zero attached hydrogens (tertiary/aromatic N) is 4. The lowest BCUT2D eigenvalue weighted by Crippen LogP contribution is -2.39. The molecular weight excluding hydrogens is 307 g/mol. The van der Waals surface area contributed by atoms with Crippen molar-refractivity contribution in [1.82, 2.24) is 19.7 Å². The second kappa shape index (κ2) is 6.00. The largest absolute Gasteiger partial charge is 0.342 e. The van der Waals surface area contributed by atoms with Gasteiger partial charge in [-0.25, -0.2) is 4.39 Å². The molecule has 5 nitrogen and oxygen atoms in total. The van der Waals surface area contributed by atoms with Crippen LogP contribution in [0.2, 0.25) is 0 Å². The molecule has 2 atom stereocenters. The van der Waals surface area contributed by atoms with E-state index < -0.39 is 0 Å². The van der Waals surface area contributed by atoms with Crippen LogP contribution in [-0.2, 0) is 11.8 Å². The molecule has 0 N–H and O–H groups in total. The van der Waals surface area contributed by atoms with Crippen LogP contribution in [-0.4, -0.2) is 38.7 Å². The molecule has 6 heteroatoms. The van der Waals surface area contributed by atoms with Gasteiger partial charge in [0, 0.05) is 32.0 Å². The average molecular weight is 328 g/mol. The molecule has 0 radical (unpaired) electrons. The normalized spacial score (nSPS) is 24.2.